The smallest absolute Gasteiger partial charge is 0.294 e. The molecule has 0 unspecified atom stereocenters. The van der Waals surface area contributed by atoms with Crippen LogP contribution in [-0.4, -0.2) is 16.6 Å². The highest BCUT2D eigenvalue weighted by molar-refractivity contribution is 6.40. The van der Waals surface area contributed by atoms with Crippen LogP contribution in [0.5, 0.6) is 0 Å². The first-order valence-electron chi connectivity index (χ1n) is 4.73. The Labute approximate surface area is 102 Å². The van der Waals surface area contributed by atoms with Gasteiger partial charge in [0.25, 0.3) is 11.6 Å². The molecule has 0 saturated carbocycles. The zero-order valence-corrected chi connectivity index (χ0v) is 9.65. The van der Waals surface area contributed by atoms with Crippen LogP contribution < -0.4 is 5.32 Å². The number of nitro groups is 1. The number of amides is 1. The van der Waals surface area contributed by atoms with Crippen LogP contribution in [0.2, 0.25) is 5.02 Å². The van der Waals surface area contributed by atoms with Crippen LogP contribution in [0.25, 0.3) is 0 Å². The molecule has 1 N–H and O–H groups in total. The Bertz CT molecular complexity index is 487. The molecule has 0 spiro atoms. The van der Waals surface area contributed by atoms with E-state index in [2.05, 4.69) is 5.32 Å². The van der Waals surface area contributed by atoms with Crippen molar-refractivity contribution >= 4 is 34.7 Å². The van der Waals surface area contributed by atoms with Crippen molar-refractivity contribution < 1.29 is 14.5 Å². The predicted molar refractivity (Wildman–Crippen MR) is 62.0 cm³/mol. The van der Waals surface area contributed by atoms with Gasteiger partial charge in [0, 0.05) is 17.5 Å². The highest BCUT2D eigenvalue weighted by atomic mass is 35.5. The van der Waals surface area contributed by atoms with Crippen LogP contribution in [0.1, 0.15) is 13.3 Å². The fraction of sp³-hybridized carbons (Fsp3) is 0.200. The number of anilines is 1. The SMILES string of the molecule is CCC(=O)C(=O)Nc1ccc(Cl)cc1[N+](=O)[O-]. The number of hydrogen-bond acceptors (Lipinski definition) is 4. The zero-order chi connectivity index (χ0) is 13.0. The average Bonchev–Trinajstić information content (AvgIpc) is 2.29. The summed E-state index contributed by atoms with van der Waals surface area (Å²) in [5.74, 6) is -1.52. The lowest BCUT2D eigenvalue weighted by atomic mass is 10.2. The highest BCUT2D eigenvalue weighted by Crippen LogP contribution is 2.27. The molecule has 0 atom stereocenters. The molecular formula is C10H9ClN2O4. The number of nitro benzene ring substituents is 1. The van der Waals surface area contributed by atoms with Gasteiger partial charge in [0.15, 0.2) is 0 Å². The van der Waals surface area contributed by atoms with Gasteiger partial charge in [0.2, 0.25) is 5.78 Å². The van der Waals surface area contributed by atoms with Crippen LogP contribution in [0.15, 0.2) is 18.2 Å². The third kappa shape index (κ3) is 3.25. The molecular weight excluding hydrogens is 248 g/mol. The summed E-state index contributed by atoms with van der Waals surface area (Å²) in [6.45, 7) is 1.53. The van der Waals surface area contributed by atoms with Gasteiger partial charge in [0.05, 0.1) is 4.92 Å². The Balaban J connectivity index is 3.02. The second-order valence-corrected chi connectivity index (χ2v) is 3.59. The molecule has 1 aromatic rings. The van der Waals surface area contributed by atoms with E-state index in [1.54, 1.807) is 0 Å². The number of nitrogens with one attached hydrogen (secondary N) is 1. The van der Waals surface area contributed by atoms with Crippen LogP contribution in [0.3, 0.4) is 0 Å². The molecule has 0 aliphatic rings. The number of Topliss-reactive ketones (excluding diaryl/α,β-unsaturated/α-hetero) is 1. The van der Waals surface area contributed by atoms with Gasteiger partial charge in [-0.25, -0.2) is 0 Å². The lowest BCUT2D eigenvalue weighted by molar-refractivity contribution is -0.383. The van der Waals surface area contributed by atoms with E-state index in [0.717, 1.165) is 6.07 Å². The van der Waals surface area contributed by atoms with Gasteiger partial charge in [0.1, 0.15) is 5.69 Å². The average molecular weight is 257 g/mol. The summed E-state index contributed by atoms with van der Waals surface area (Å²) < 4.78 is 0. The monoisotopic (exact) mass is 256 g/mol. The van der Waals surface area contributed by atoms with E-state index >= 15 is 0 Å². The van der Waals surface area contributed by atoms with Crippen molar-refractivity contribution in [1.82, 2.24) is 0 Å². The van der Waals surface area contributed by atoms with Crippen molar-refractivity contribution in [3.8, 4) is 0 Å². The topological polar surface area (TPSA) is 89.3 Å². The standard InChI is InChI=1S/C10H9ClN2O4/c1-2-9(14)10(15)12-7-4-3-6(11)5-8(7)13(16)17/h3-5H,2H2,1H3,(H,12,15). The molecule has 0 aliphatic heterocycles. The molecule has 1 rings (SSSR count). The second kappa shape index (κ2) is 5.40. The normalized spacial score (nSPS) is 9.76. The summed E-state index contributed by atoms with van der Waals surface area (Å²) in [5, 5.41) is 13.1. The molecule has 7 heteroatoms. The summed E-state index contributed by atoms with van der Waals surface area (Å²) in [6.07, 6.45) is 0.0349. The highest BCUT2D eigenvalue weighted by Gasteiger charge is 2.19. The van der Waals surface area contributed by atoms with E-state index in [1.165, 1.54) is 19.1 Å². The van der Waals surface area contributed by atoms with Crippen LogP contribution in [0, 0.1) is 10.1 Å². The molecule has 0 radical (unpaired) electrons. The van der Waals surface area contributed by atoms with Crippen LogP contribution in [-0.2, 0) is 9.59 Å². The molecule has 0 fully saturated rings. The van der Waals surface area contributed by atoms with E-state index in [1.807, 2.05) is 0 Å². The number of ketones is 1. The maximum atomic E-state index is 11.3. The second-order valence-electron chi connectivity index (χ2n) is 3.15. The van der Waals surface area contributed by atoms with E-state index in [4.69, 9.17) is 11.6 Å². The number of benzene rings is 1. The molecule has 1 amide bonds. The van der Waals surface area contributed by atoms with Crippen molar-refractivity contribution in [2.24, 2.45) is 0 Å². The zero-order valence-electron chi connectivity index (χ0n) is 8.90. The number of halogens is 1. The van der Waals surface area contributed by atoms with Gasteiger partial charge < -0.3 is 5.32 Å². The van der Waals surface area contributed by atoms with E-state index < -0.39 is 16.6 Å². The summed E-state index contributed by atoms with van der Waals surface area (Å²) in [6, 6.07) is 3.77. The first kappa shape index (κ1) is 13.1. The molecule has 0 bridgehead atoms. The first-order chi connectivity index (χ1) is 7.95. The molecule has 1 aromatic carbocycles. The van der Waals surface area contributed by atoms with Gasteiger partial charge in [-0.3, -0.25) is 19.7 Å². The number of nitrogens with zero attached hydrogens (tertiary/aromatic N) is 1. The van der Waals surface area contributed by atoms with Gasteiger partial charge >= 0.3 is 0 Å². The third-order valence-electron chi connectivity index (χ3n) is 1.98. The fourth-order valence-corrected chi connectivity index (χ4v) is 1.28. The lowest BCUT2D eigenvalue weighted by Gasteiger charge is -2.04. The predicted octanol–water partition coefficient (Wildman–Crippen LogP) is 2.17. The van der Waals surface area contributed by atoms with E-state index in [-0.39, 0.29) is 22.8 Å². The summed E-state index contributed by atoms with van der Waals surface area (Å²) in [7, 11) is 0. The Hall–Kier alpha value is -1.95. The minimum absolute atomic E-state index is 0.0349. The Morgan fingerprint density at radius 2 is 2.12 bits per heavy atom. The Morgan fingerprint density at radius 1 is 1.47 bits per heavy atom. The summed E-state index contributed by atoms with van der Waals surface area (Å²) >= 11 is 5.60. The number of carbonyl (C=O) groups is 2. The first-order valence-corrected chi connectivity index (χ1v) is 5.11. The summed E-state index contributed by atoms with van der Waals surface area (Å²) in [5.41, 5.74) is -0.402. The summed E-state index contributed by atoms with van der Waals surface area (Å²) in [4.78, 5) is 32.4. The molecule has 0 saturated heterocycles. The maximum absolute atomic E-state index is 11.3. The van der Waals surface area contributed by atoms with Crippen molar-refractivity contribution in [3.63, 3.8) is 0 Å². The molecule has 6 nitrogen and oxygen atoms in total. The van der Waals surface area contributed by atoms with Gasteiger partial charge in [-0.05, 0) is 12.1 Å². The minimum atomic E-state index is -0.877. The Morgan fingerprint density at radius 3 is 2.65 bits per heavy atom. The quantitative estimate of drug-likeness (QED) is 0.508. The minimum Gasteiger partial charge on any atom is -0.314 e. The van der Waals surface area contributed by atoms with Crippen molar-refractivity contribution in [3.05, 3.63) is 33.3 Å². The number of hydrogen-bond donors (Lipinski definition) is 1. The Kier molecular flexibility index (Phi) is 4.17. The molecule has 0 aromatic heterocycles. The third-order valence-corrected chi connectivity index (χ3v) is 2.21. The molecule has 0 heterocycles. The van der Waals surface area contributed by atoms with Gasteiger partial charge in [-0.15, -0.1) is 0 Å². The lowest BCUT2D eigenvalue weighted by Crippen LogP contribution is -2.22. The largest absolute Gasteiger partial charge is 0.314 e. The number of carbonyl (C=O) groups excluding carboxylic acids is 2. The molecule has 0 aliphatic carbocycles. The van der Waals surface area contributed by atoms with Gasteiger partial charge in [-0.2, -0.15) is 0 Å². The van der Waals surface area contributed by atoms with Crippen molar-refractivity contribution in [2.45, 2.75) is 13.3 Å². The van der Waals surface area contributed by atoms with E-state index in [0.29, 0.717) is 0 Å². The van der Waals surface area contributed by atoms with E-state index in [9.17, 15) is 19.7 Å². The van der Waals surface area contributed by atoms with Gasteiger partial charge in [-0.1, -0.05) is 18.5 Å². The number of rotatable bonds is 4. The molecule has 17 heavy (non-hydrogen) atoms. The van der Waals surface area contributed by atoms with Crippen molar-refractivity contribution in [2.75, 3.05) is 5.32 Å². The molecule has 90 valence electrons. The fourth-order valence-electron chi connectivity index (χ4n) is 1.11. The van der Waals surface area contributed by atoms with Crippen LogP contribution in [0.4, 0.5) is 11.4 Å². The van der Waals surface area contributed by atoms with Crippen LogP contribution >= 0.6 is 11.6 Å². The maximum Gasteiger partial charge on any atom is 0.294 e. The van der Waals surface area contributed by atoms with Crippen molar-refractivity contribution in [1.29, 1.82) is 0 Å².